The van der Waals surface area contributed by atoms with Gasteiger partial charge in [-0.1, -0.05) is 54.1 Å². The van der Waals surface area contributed by atoms with Crippen molar-refractivity contribution in [2.75, 3.05) is 11.9 Å². The number of nitrogens with one attached hydrogen (secondary N) is 1. The second-order valence-corrected chi connectivity index (χ2v) is 7.03. The summed E-state index contributed by atoms with van der Waals surface area (Å²) < 4.78 is 11.5. The molecule has 0 heterocycles. The Labute approximate surface area is 172 Å². The number of benzene rings is 3. The van der Waals surface area contributed by atoms with Gasteiger partial charge < -0.3 is 14.8 Å². The molecule has 1 N–H and O–H groups in total. The highest BCUT2D eigenvalue weighted by molar-refractivity contribution is 5.94. The smallest absolute Gasteiger partial charge is 0.265 e. The van der Waals surface area contributed by atoms with E-state index in [-0.39, 0.29) is 5.91 Å². The molecule has 3 rings (SSSR count). The molecule has 3 aromatic rings. The van der Waals surface area contributed by atoms with E-state index in [0.29, 0.717) is 18.0 Å². The van der Waals surface area contributed by atoms with Crippen LogP contribution in [0.3, 0.4) is 0 Å². The minimum absolute atomic E-state index is 0.202. The third-order valence-corrected chi connectivity index (χ3v) is 4.53. The van der Waals surface area contributed by atoms with Gasteiger partial charge in [0.1, 0.15) is 11.5 Å². The molecule has 0 bridgehead atoms. The number of hydrogen-bond acceptors (Lipinski definition) is 3. The van der Waals surface area contributed by atoms with E-state index in [9.17, 15) is 4.79 Å². The maximum Gasteiger partial charge on any atom is 0.265 e. The van der Waals surface area contributed by atoms with Crippen LogP contribution in [0.2, 0.25) is 0 Å². The zero-order valence-corrected chi connectivity index (χ0v) is 16.9. The molecule has 1 atom stereocenters. The van der Waals surface area contributed by atoms with Gasteiger partial charge in [0.25, 0.3) is 5.91 Å². The number of carbonyl (C=O) groups excluding carboxylic acids is 1. The average Bonchev–Trinajstić information content (AvgIpc) is 2.74. The maximum atomic E-state index is 12.4. The van der Waals surface area contributed by atoms with E-state index in [2.05, 4.69) is 17.4 Å². The molecule has 0 aliphatic rings. The summed E-state index contributed by atoms with van der Waals surface area (Å²) in [4.78, 5) is 12.4. The Balaban J connectivity index is 1.46. The largest absolute Gasteiger partial charge is 0.494 e. The monoisotopic (exact) mass is 389 g/mol. The van der Waals surface area contributed by atoms with E-state index in [1.54, 1.807) is 6.92 Å². The number of anilines is 1. The molecule has 0 saturated heterocycles. The molecule has 0 saturated carbocycles. The van der Waals surface area contributed by atoms with Crippen LogP contribution < -0.4 is 14.8 Å². The minimum atomic E-state index is -0.604. The van der Waals surface area contributed by atoms with Crippen LogP contribution in [0.4, 0.5) is 5.69 Å². The third-order valence-electron chi connectivity index (χ3n) is 4.53. The Morgan fingerprint density at radius 2 is 1.69 bits per heavy atom. The number of carbonyl (C=O) groups is 1. The molecular formula is C25H27NO3. The molecule has 3 aromatic carbocycles. The zero-order valence-electron chi connectivity index (χ0n) is 16.9. The summed E-state index contributed by atoms with van der Waals surface area (Å²) in [5.74, 6) is 1.21. The van der Waals surface area contributed by atoms with Crippen LogP contribution in [-0.4, -0.2) is 18.6 Å². The fourth-order valence-electron chi connectivity index (χ4n) is 2.89. The summed E-state index contributed by atoms with van der Waals surface area (Å²) in [6.45, 7) is 4.37. The van der Waals surface area contributed by atoms with Gasteiger partial charge in [-0.15, -0.1) is 0 Å². The van der Waals surface area contributed by atoms with E-state index < -0.39 is 6.10 Å². The normalized spacial score (nSPS) is 11.5. The van der Waals surface area contributed by atoms with Crippen molar-refractivity contribution in [3.8, 4) is 11.5 Å². The second kappa shape index (κ2) is 10.3. The predicted molar refractivity (Wildman–Crippen MR) is 117 cm³/mol. The molecule has 150 valence electrons. The Hall–Kier alpha value is -3.27. The Bertz CT molecular complexity index is 907. The Kier molecular flexibility index (Phi) is 7.28. The van der Waals surface area contributed by atoms with Gasteiger partial charge in [-0.2, -0.15) is 0 Å². The molecule has 4 nitrogen and oxygen atoms in total. The van der Waals surface area contributed by atoms with Crippen LogP contribution in [0.5, 0.6) is 11.5 Å². The topological polar surface area (TPSA) is 47.6 Å². The SMILES string of the molecule is Cc1ccc(OC(C)C(=O)Nc2cccc(OCCCc3ccccc3)c2)cc1. The lowest BCUT2D eigenvalue weighted by Crippen LogP contribution is -2.30. The molecule has 0 spiro atoms. The molecular weight excluding hydrogens is 362 g/mol. The van der Waals surface area contributed by atoms with Crippen molar-refractivity contribution in [2.24, 2.45) is 0 Å². The number of ether oxygens (including phenoxy) is 2. The van der Waals surface area contributed by atoms with E-state index in [1.807, 2.05) is 73.7 Å². The molecule has 0 aromatic heterocycles. The summed E-state index contributed by atoms with van der Waals surface area (Å²) >= 11 is 0. The van der Waals surface area contributed by atoms with Crippen LogP contribution >= 0.6 is 0 Å². The predicted octanol–water partition coefficient (Wildman–Crippen LogP) is 5.41. The van der Waals surface area contributed by atoms with E-state index in [1.165, 1.54) is 5.56 Å². The van der Waals surface area contributed by atoms with Crippen LogP contribution in [0.25, 0.3) is 0 Å². The summed E-state index contributed by atoms with van der Waals surface area (Å²) in [5, 5.41) is 2.89. The highest BCUT2D eigenvalue weighted by atomic mass is 16.5. The van der Waals surface area contributed by atoms with E-state index in [4.69, 9.17) is 9.47 Å². The second-order valence-electron chi connectivity index (χ2n) is 7.03. The average molecular weight is 389 g/mol. The van der Waals surface area contributed by atoms with Crippen molar-refractivity contribution in [1.29, 1.82) is 0 Å². The first-order valence-electron chi connectivity index (χ1n) is 9.91. The first-order chi connectivity index (χ1) is 14.1. The van der Waals surface area contributed by atoms with Crippen molar-refractivity contribution >= 4 is 11.6 Å². The first kappa shape index (κ1) is 20.5. The fourth-order valence-corrected chi connectivity index (χ4v) is 2.89. The van der Waals surface area contributed by atoms with Gasteiger partial charge in [-0.3, -0.25) is 4.79 Å². The van der Waals surface area contributed by atoms with Crippen molar-refractivity contribution < 1.29 is 14.3 Å². The van der Waals surface area contributed by atoms with Crippen LogP contribution in [0, 0.1) is 6.92 Å². The first-order valence-corrected chi connectivity index (χ1v) is 9.91. The lowest BCUT2D eigenvalue weighted by molar-refractivity contribution is -0.122. The highest BCUT2D eigenvalue weighted by Gasteiger charge is 2.15. The highest BCUT2D eigenvalue weighted by Crippen LogP contribution is 2.19. The lowest BCUT2D eigenvalue weighted by atomic mass is 10.1. The number of amides is 1. The fraction of sp³-hybridized carbons (Fsp3) is 0.240. The number of hydrogen-bond donors (Lipinski definition) is 1. The number of aryl methyl sites for hydroxylation is 2. The van der Waals surface area contributed by atoms with Crippen molar-refractivity contribution in [1.82, 2.24) is 0 Å². The van der Waals surface area contributed by atoms with E-state index >= 15 is 0 Å². The maximum absolute atomic E-state index is 12.4. The van der Waals surface area contributed by atoms with Crippen molar-refractivity contribution in [3.63, 3.8) is 0 Å². The van der Waals surface area contributed by atoms with Gasteiger partial charge in [-0.05, 0) is 56.5 Å². The van der Waals surface area contributed by atoms with Crippen molar-refractivity contribution in [3.05, 3.63) is 90.0 Å². The third kappa shape index (κ3) is 6.68. The summed E-state index contributed by atoms with van der Waals surface area (Å²) in [7, 11) is 0. The standard InChI is InChI=1S/C25H27NO3/c1-19-13-15-23(16-14-19)29-20(2)25(27)26-22-11-6-12-24(18-22)28-17-7-10-21-8-4-3-5-9-21/h3-6,8-9,11-16,18,20H,7,10,17H2,1-2H3,(H,26,27). The molecule has 4 heteroatoms. The summed E-state index contributed by atoms with van der Waals surface area (Å²) in [6, 6.07) is 25.4. The molecule has 0 aliphatic heterocycles. The molecule has 0 radical (unpaired) electrons. The minimum Gasteiger partial charge on any atom is -0.494 e. The van der Waals surface area contributed by atoms with Crippen molar-refractivity contribution in [2.45, 2.75) is 32.8 Å². The Morgan fingerprint density at radius 3 is 2.45 bits per heavy atom. The molecule has 29 heavy (non-hydrogen) atoms. The quantitative estimate of drug-likeness (QED) is 0.498. The lowest BCUT2D eigenvalue weighted by Gasteiger charge is -2.15. The van der Waals surface area contributed by atoms with Gasteiger partial charge in [0.05, 0.1) is 6.61 Å². The molecule has 0 fully saturated rings. The van der Waals surface area contributed by atoms with Gasteiger partial charge in [0.15, 0.2) is 6.10 Å². The number of rotatable bonds is 9. The van der Waals surface area contributed by atoms with Crippen LogP contribution in [-0.2, 0) is 11.2 Å². The van der Waals surface area contributed by atoms with Crippen LogP contribution in [0.15, 0.2) is 78.9 Å². The summed E-state index contributed by atoms with van der Waals surface area (Å²) in [6.07, 6.45) is 1.31. The van der Waals surface area contributed by atoms with Crippen LogP contribution in [0.1, 0.15) is 24.5 Å². The molecule has 1 unspecified atom stereocenters. The van der Waals surface area contributed by atoms with Gasteiger partial charge >= 0.3 is 0 Å². The molecule has 1 amide bonds. The molecule has 0 aliphatic carbocycles. The summed E-state index contributed by atoms with van der Waals surface area (Å²) in [5.41, 5.74) is 3.14. The zero-order chi connectivity index (χ0) is 20.5. The Morgan fingerprint density at radius 1 is 0.931 bits per heavy atom. The van der Waals surface area contributed by atoms with E-state index in [0.717, 1.165) is 24.2 Å². The van der Waals surface area contributed by atoms with Gasteiger partial charge in [-0.25, -0.2) is 0 Å². The van der Waals surface area contributed by atoms with Gasteiger partial charge in [0.2, 0.25) is 0 Å². The van der Waals surface area contributed by atoms with Gasteiger partial charge in [0, 0.05) is 11.8 Å².